The molecule has 0 bridgehead atoms. The second-order valence-electron chi connectivity index (χ2n) is 7.07. The maximum absolute atomic E-state index is 13.3. The summed E-state index contributed by atoms with van der Waals surface area (Å²) in [7, 11) is 1.55. The number of methoxy groups -OCH3 is 1. The first kappa shape index (κ1) is 19.5. The highest BCUT2D eigenvalue weighted by Crippen LogP contribution is 2.32. The van der Waals surface area contributed by atoms with Crippen LogP contribution < -0.4 is 14.9 Å². The topological polar surface area (TPSA) is 65.7 Å². The number of benzene rings is 3. The van der Waals surface area contributed by atoms with Gasteiger partial charge in [0.1, 0.15) is 11.3 Å². The van der Waals surface area contributed by atoms with Crippen LogP contribution in [0.1, 0.15) is 21.5 Å². The van der Waals surface area contributed by atoms with E-state index in [-0.39, 0.29) is 11.5 Å². The van der Waals surface area contributed by atoms with E-state index in [0.717, 1.165) is 11.1 Å². The van der Waals surface area contributed by atoms with E-state index >= 15 is 0 Å². The molecule has 0 radical (unpaired) electrons. The van der Waals surface area contributed by atoms with Crippen molar-refractivity contribution in [1.29, 1.82) is 0 Å². The third-order valence-electron chi connectivity index (χ3n) is 4.84. The Kier molecular flexibility index (Phi) is 5.11. The van der Waals surface area contributed by atoms with Crippen LogP contribution in [0.25, 0.3) is 22.3 Å². The van der Waals surface area contributed by atoms with Crippen molar-refractivity contribution in [1.82, 2.24) is 0 Å². The molecule has 0 spiro atoms. The number of fused-ring (bicyclic) bond motifs is 1. The van der Waals surface area contributed by atoms with E-state index in [2.05, 4.69) is 0 Å². The zero-order chi connectivity index (χ0) is 21.3. The van der Waals surface area contributed by atoms with Gasteiger partial charge in [0, 0.05) is 5.56 Å². The van der Waals surface area contributed by atoms with Gasteiger partial charge in [0.2, 0.25) is 11.2 Å². The first-order valence-electron chi connectivity index (χ1n) is 9.47. The van der Waals surface area contributed by atoms with Crippen molar-refractivity contribution >= 4 is 16.9 Å². The molecule has 0 amide bonds. The largest absolute Gasteiger partial charge is 0.497 e. The molecule has 30 heavy (non-hydrogen) atoms. The molecule has 0 aliphatic carbocycles. The highest BCUT2D eigenvalue weighted by atomic mass is 16.5. The number of hydrogen-bond donors (Lipinski definition) is 0. The summed E-state index contributed by atoms with van der Waals surface area (Å²) in [5.41, 5.74) is 2.97. The lowest BCUT2D eigenvalue weighted by atomic mass is 10.1. The zero-order valence-electron chi connectivity index (χ0n) is 16.9. The second kappa shape index (κ2) is 7.87. The van der Waals surface area contributed by atoms with Crippen LogP contribution in [0.2, 0.25) is 0 Å². The van der Waals surface area contributed by atoms with Crippen LogP contribution >= 0.6 is 0 Å². The van der Waals surface area contributed by atoms with E-state index in [9.17, 15) is 9.59 Å². The second-order valence-corrected chi connectivity index (χ2v) is 7.07. The van der Waals surface area contributed by atoms with Crippen molar-refractivity contribution in [3.8, 4) is 22.8 Å². The third-order valence-corrected chi connectivity index (χ3v) is 4.84. The fourth-order valence-corrected chi connectivity index (χ4v) is 3.16. The van der Waals surface area contributed by atoms with Crippen LogP contribution in [-0.2, 0) is 0 Å². The molecule has 0 N–H and O–H groups in total. The molecule has 4 rings (SSSR count). The first-order chi connectivity index (χ1) is 14.5. The molecule has 0 saturated carbocycles. The summed E-state index contributed by atoms with van der Waals surface area (Å²) in [6.45, 7) is 3.85. The quantitative estimate of drug-likeness (QED) is 0.435. The van der Waals surface area contributed by atoms with E-state index < -0.39 is 11.4 Å². The summed E-state index contributed by atoms with van der Waals surface area (Å²) in [6, 6.07) is 19.3. The Morgan fingerprint density at radius 2 is 1.53 bits per heavy atom. The molecule has 3 aromatic carbocycles. The monoisotopic (exact) mass is 400 g/mol. The van der Waals surface area contributed by atoms with E-state index in [1.54, 1.807) is 43.5 Å². The lowest BCUT2D eigenvalue weighted by Gasteiger charge is -2.11. The number of rotatable bonds is 4. The molecular weight excluding hydrogens is 380 g/mol. The lowest BCUT2D eigenvalue weighted by Crippen LogP contribution is -2.16. The van der Waals surface area contributed by atoms with Gasteiger partial charge in [0.25, 0.3) is 0 Å². The molecule has 0 aliphatic rings. The molecule has 0 fully saturated rings. The fourth-order valence-electron chi connectivity index (χ4n) is 3.16. The molecule has 0 atom stereocenters. The number of aryl methyl sites for hydroxylation is 2. The van der Waals surface area contributed by atoms with Gasteiger partial charge in [-0.15, -0.1) is 0 Å². The molecule has 150 valence electrons. The van der Waals surface area contributed by atoms with Gasteiger partial charge in [-0.1, -0.05) is 41.5 Å². The van der Waals surface area contributed by atoms with Crippen molar-refractivity contribution in [3.05, 3.63) is 93.6 Å². The Bertz CT molecular complexity index is 1280. The Morgan fingerprint density at radius 3 is 2.20 bits per heavy atom. The molecular formula is C25H20O5. The van der Waals surface area contributed by atoms with E-state index in [1.165, 1.54) is 0 Å². The van der Waals surface area contributed by atoms with Gasteiger partial charge >= 0.3 is 5.97 Å². The molecule has 1 heterocycles. The van der Waals surface area contributed by atoms with Crippen LogP contribution in [0.4, 0.5) is 0 Å². The van der Waals surface area contributed by atoms with Gasteiger partial charge < -0.3 is 13.9 Å². The van der Waals surface area contributed by atoms with Crippen molar-refractivity contribution < 1.29 is 18.7 Å². The highest BCUT2D eigenvalue weighted by molar-refractivity contribution is 5.93. The third kappa shape index (κ3) is 3.70. The minimum atomic E-state index is -0.648. The van der Waals surface area contributed by atoms with Gasteiger partial charge in [-0.3, -0.25) is 4.79 Å². The van der Waals surface area contributed by atoms with Gasteiger partial charge in [-0.25, -0.2) is 4.79 Å². The minimum absolute atomic E-state index is 0.127. The summed E-state index contributed by atoms with van der Waals surface area (Å²) in [6.07, 6.45) is 0. The zero-order valence-corrected chi connectivity index (χ0v) is 16.9. The predicted molar refractivity (Wildman–Crippen MR) is 115 cm³/mol. The molecule has 0 unspecified atom stereocenters. The van der Waals surface area contributed by atoms with Crippen molar-refractivity contribution in [2.75, 3.05) is 7.11 Å². The fraction of sp³-hybridized carbons (Fsp3) is 0.120. The molecule has 4 aromatic rings. The molecule has 0 saturated heterocycles. The van der Waals surface area contributed by atoms with Gasteiger partial charge in [-0.05, 0) is 50.2 Å². The minimum Gasteiger partial charge on any atom is -0.497 e. The normalized spacial score (nSPS) is 10.8. The van der Waals surface area contributed by atoms with Crippen LogP contribution in [0.15, 0.2) is 75.9 Å². The van der Waals surface area contributed by atoms with Crippen molar-refractivity contribution in [3.63, 3.8) is 0 Å². The number of esters is 1. The number of carbonyl (C=O) groups is 1. The maximum Gasteiger partial charge on any atom is 0.343 e. The summed E-state index contributed by atoms with van der Waals surface area (Å²) in [5.74, 6) is 0.0638. The lowest BCUT2D eigenvalue weighted by molar-refractivity contribution is 0.0731. The summed E-state index contributed by atoms with van der Waals surface area (Å²) >= 11 is 0. The molecule has 1 aromatic heterocycles. The molecule has 0 aliphatic heterocycles. The summed E-state index contributed by atoms with van der Waals surface area (Å²) < 4.78 is 16.7. The van der Waals surface area contributed by atoms with Crippen LogP contribution in [-0.4, -0.2) is 13.1 Å². The summed E-state index contributed by atoms with van der Waals surface area (Å²) in [5, 5.41) is 0.364. The Hall–Kier alpha value is -3.86. The van der Waals surface area contributed by atoms with Gasteiger partial charge in [-0.2, -0.15) is 0 Å². The van der Waals surface area contributed by atoms with Crippen LogP contribution in [0.5, 0.6) is 11.5 Å². The Labute approximate surface area is 173 Å². The highest BCUT2D eigenvalue weighted by Gasteiger charge is 2.21. The maximum atomic E-state index is 13.3. The Morgan fingerprint density at radius 1 is 0.867 bits per heavy atom. The van der Waals surface area contributed by atoms with Gasteiger partial charge in [0.15, 0.2) is 5.76 Å². The first-order valence-corrected chi connectivity index (χ1v) is 9.47. The molecule has 5 nitrogen and oxygen atoms in total. The smallest absolute Gasteiger partial charge is 0.343 e. The van der Waals surface area contributed by atoms with Crippen molar-refractivity contribution in [2.24, 2.45) is 0 Å². The average Bonchev–Trinajstić information content (AvgIpc) is 2.76. The Balaban J connectivity index is 1.86. The standard InChI is InChI=1S/C25H20O5/c1-15-4-7-17(8-5-15)23-24(22(26)20-14-16(2)6-13-21(20)29-23)30-25(27)18-9-11-19(28-3)12-10-18/h4-14H,1-3H3. The van der Waals surface area contributed by atoms with E-state index in [4.69, 9.17) is 13.9 Å². The van der Waals surface area contributed by atoms with Crippen LogP contribution in [0, 0.1) is 13.8 Å². The van der Waals surface area contributed by atoms with E-state index in [1.807, 2.05) is 44.2 Å². The number of ether oxygens (including phenoxy) is 2. The number of hydrogen-bond acceptors (Lipinski definition) is 5. The summed E-state index contributed by atoms with van der Waals surface area (Å²) in [4.78, 5) is 26.0. The predicted octanol–water partition coefficient (Wildman–Crippen LogP) is 5.30. The van der Waals surface area contributed by atoms with Crippen molar-refractivity contribution in [2.45, 2.75) is 13.8 Å². The molecule has 5 heteroatoms. The van der Waals surface area contributed by atoms with Crippen LogP contribution in [0.3, 0.4) is 0 Å². The number of carbonyl (C=O) groups excluding carboxylic acids is 1. The average molecular weight is 400 g/mol. The van der Waals surface area contributed by atoms with Gasteiger partial charge in [0.05, 0.1) is 18.1 Å². The SMILES string of the molecule is COc1ccc(C(=O)Oc2c(-c3ccc(C)cc3)oc3ccc(C)cc3c2=O)cc1. The van der Waals surface area contributed by atoms with E-state index in [0.29, 0.717) is 27.8 Å².